The van der Waals surface area contributed by atoms with E-state index in [9.17, 15) is 0 Å². The van der Waals surface area contributed by atoms with Gasteiger partial charge in [0.15, 0.2) is 0 Å². The molecule has 0 amide bonds. The summed E-state index contributed by atoms with van der Waals surface area (Å²) in [5.41, 5.74) is 0.311. The smallest absolute Gasteiger partial charge is 0.00397 e. The minimum Gasteiger partial charge on any atom is -0.316 e. The lowest BCUT2D eigenvalue weighted by Gasteiger charge is -2.33. The van der Waals surface area contributed by atoms with Crippen LogP contribution >= 0.6 is 0 Å². The quantitative estimate of drug-likeness (QED) is 0.676. The third-order valence-corrected chi connectivity index (χ3v) is 4.88. The molecule has 0 aromatic heterocycles. The van der Waals surface area contributed by atoms with Crippen LogP contribution in [-0.2, 0) is 0 Å². The van der Waals surface area contributed by atoms with Crippen LogP contribution in [-0.4, -0.2) is 13.1 Å². The fourth-order valence-electron chi connectivity index (χ4n) is 3.86. The number of nitrogens with one attached hydrogen (secondary N) is 1. The summed E-state index contributed by atoms with van der Waals surface area (Å²) in [6, 6.07) is 0. The summed E-state index contributed by atoms with van der Waals surface area (Å²) in [6.07, 6.45) is 9.58. The maximum atomic E-state index is 4.05. The Morgan fingerprint density at radius 2 is 2.19 bits per heavy atom. The molecule has 4 atom stereocenters. The zero-order chi connectivity index (χ0) is 11.6. The summed E-state index contributed by atoms with van der Waals surface area (Å²) in [5.74, 6) is 3.11. The molecule has 2 aliphatic rings. The Morgan fingerprint density at radius 1 is 1.38 bits per heavy atom. The number of hydrogen-bond acceptors (Lipinski definition) is 1. The Morgan fingerprint density at radius 3 is 2.69 bits per heavy atom. The van der Waals surface area contributed by atoms with Crippen LogP contribution in [0.15, 0.2) is 12.7 Å². The van der Waals surface area contributed by atoms with Gasteiger partial charge in [0, 0.05) is 6.54 Å². The Bertz CT molecular complexity index is 248. The maximum Gasteiger partial charge on any atom is 0.00397 e. The second-order valence-electron chi connectivity index (χ2n) is 6.28. The lowest BCUT2D eigenvalue weighted by Crippen LogP contribution is -2.33. The van der Waals surface area contributed by atoms with Gasteiger partial charge in [-0.3, -0.25) is 0 Å². The molecule has 0 heterocycles. The second kappa shape index (κ2) is 4.91. The molecular formula is C15H27N. The minimum atomic E-state index is 0.311. The van der Waals surface area contributed by atoms with E-state index < -0.39 is 0 Å². The minimum absolute atomic E-state index is 0.311. The molecule has 1 nitrogen and oxygen atoms in total. The van der Waals surface area contributed by atoms with Gasteiger partial charge < -0.3 is 5.32 Å². The van der Waals surface area contributed by atoms with Crippen LogP contribution in [0.4, 0.5) is 0 Å². The first-order valence-corrected chi connectivity index (χ1v) is 7.01. The molecule has 92 valence electrons. The van der Waals surface area contributed by atoms with Gasteiger partial charge >= 0.3 is 0 Å². The first-order chi connectivity index (χ1) is 7.67. The monoisotopic (exact) mass is 221 g/mol. The molecule has 0 aliphatic heterocycles. The summed E-state index contributed by atoms with van der Waals surface area (Å²) in [5, 5.41) is 3.49. The Labute approximate surface area is 101 Å². The highest BCUT2D eigenvalue weighted by Crippen LogP contribution is 2.51. The van der Waals surface area contributed by atoms with E-state index in [1.54, 1.807) is 0 Å². The van der Waals surface area contributed by atoms with Crippen molar-refractivity contribution in [2.45, 2.75) is 46.0 Å². The van der Waals surface area contributed by atoms with Crippen molar-refractivity contribution in [2.24, 2.45) is 23.2 Å². The summed E-state index contributed by atoms with van der Waals surface area (Å²) in [4.78, 5) is 0. The first kappa shape index (κ1) is 12.2. The van der Waals surface area contributed by atoms with E-state index in [0.717, 1.165) is 30.8 Å². The van der Waals surface area contributed by atoms with Crippen molar-refractivity contribution in [1.82, 2.24) is 5.32 Å². The van der Waals surface area contributed by atoms with Crippen LogP contribution in [0, 0.1) is 23.2 Å². The lowest BCUT2D eigenvalue weighted by molar-refractivity contribution is 0.227. The highest BCUT2D eigenvalue weighted by molar-refractivity contribution is 4.99. The van der Waals surface area contributed by atoms with Crippen LogP contribution < -0.4 is 5.32 Å². The van der Waals surface area contributed by atoms with Crippen LogP contribution in [0.3, 0.4) is 0 Å². The largest absolute Gasteiger partial charge is 0.316 e. The van der Waals surface area contributed by atoms with Crippen molar-refractivity contribution < 1.29 is 0 Å². The van der Waals surface area contributed by atoms with Crippen LogP contribution in [0.5, 0.6) is 0 Å². The van der Waals surface area contributed by atoms with Crippen molar-refractivity contribution in [3.8, 4) is 0 Å². The predicted molar refractivity (Wildman–Crippen MR) is 70.4 cm³/mol. The van der Waals surface area contributed by atoms with Crippen molar-refractivity contribution in [3.05, 3.63) is 12.7 Å². The van der Waals surface area contributed by atoms with Gasteiger partial charge in [-0.1, -0.05) is 26.3 Å². The molecule has 0 saturated heterocycles. The lowest BCUT2D eigenvalue weighted by atomic mass is 9.75. The molecule has 1 N–H and O–H groups in total. The summed E-state index contributed by atoms with van der Waals surface area (Å²) in [6.45, 7) is 10.8. The molecule has 2 saturated carbocycles. The zero-order valence-electron chi connectivity index (χ0n) is 11.0. The highest BCUT2D eigenvalue weighted by atomic mass is 14.9. The molecule has 4 unspecified atom stereocenters. The van der Waals surface area contributed by atoms with Gasteiger partial charge in [0.2, 0.25) is 0 Å². The van der Waals surface area contributed by atoms with Crippen molar-refractivity contribution in [2.75, 3.05) is 13.1 Å². The molecular weight excluding hydrogens is 194 g/mol. The molecule has 2 bridgehead atoms. The Balaban J connectivity index is 1.88. The van der Waals surface area contributed by atoms with Crippen LogP contribution in [0.25, 0.3) is 0 Å². The Kier molecular flexibility index (Phi) is 3.73. The SMILES string of the molecule is C=CC(C)(CNCC)CC1CC2CCC1C2. The van der Waals surface area contributed by atoms with E-state index in [4.69, 9.17) is 0 Å². The van der Waals surface area contributed by atoms with Gasteiger partial charge in [-0.2, -0.15) is 0 Å². The third kappa shape index (κ3) is 2.51. The second-order valence-corrected chi connectivity index (χ2v) is 6.28. The topological polar surface area (TPSA) is 12.0 Å². The molecule has 2 fully saturated rings. The van der Waals surface area contributed by atoms with Crippen molar-refractivity contribution >= 4 is 0 Å². The van der Waals surface area contributed by atoms with E-state index in [2.05, 4.69) is 31.8 Å². The fraction of sp³-hybridized carbons (Fsp3) is 0.867. The maximum absolute atomic E-state index is 4.05. The third-order valence-electron chi connectivity index (χ3n) is 4.88. The van der Waals surface area contributed by atoms with E-state index in [1.165, 1.54) is 32.1 Å². The molecule has 1 heteroatoms. The van der Waals surface area contributed by atoms with E-state index >= 15 is 0 Å². The predicted octanol–water partition coefficient (Wildman–Crippen LogP) is 3.61. The Hall–Kier alpha value is -0.300. The van der Waals surface area contributed by atoms with E-state index in [0.29, 0.717) is 5.41 Å². The average Bonchev–Trinajstić information content (AvgIpc) is 2.88. The average molecular weight is 221 g/mol. The molecule has 0 aromatic rings. The summed E-state index contributed by atoms with van der Waals surface area (Å²) in [7, 11) is 0. The van der Waals surface area contributed by atoms with Gasteiger partial charge in [0.1, 0.15) is 0 Å². The fourth-order valence-corrected chi connectivity index (χ4v) is 3.86. The normalized spacial score (nSPS) is 36.2. The molecule has 0 aromatic carbocycles. The van der Waals surface area contributed by atoms with E-state index in [1.807, 2.05) is 0 Å². The van der Waals surface area contributed by atoms with Crippen molar-refractivity contribution in [3.63, 3.8) is 0 Å². The van der Waals surface area contributed by atoms with Gasteiger partial charge in [0.25, 0.3) is 0 Å². The number of hydrogen-bond donors (Lipinski definition) is 1. The zero-order valence-corrected chi connectivity index (χ0v) is 11.0. The summed E-state index contributed by atoms with van der Waals surface area (Å²) < 4.78 is 0. The van der Waals surface area contributed by atoms with Gasteiger partial charge in [-0.25, -0.2) is 0 Å². The van der Waals surface area contributed by atoms with Crippen LogP contribution in [0.1, 0.15) is 46.0 Å². The molecule has 0 spiro atoms. The molecule has 2 aliphatic carbocycles. The summed E-state index contributed by atoms with van der Waals surface area (Å²) >= 11 is 0. The van der Waals surface area contributed by atoms with E-state index in [-0.39, 0.29) is 0 Å². The van der Waals surface area contributed by atoms with Crippen molar-refractivity contribution in [1.29, 1.82) is 0 Å². The van der Waals surface area contributed by atoms with Gasteiger partial charge in [-0.05, 0) is 55.4 Å². The van der Waals surface area contributed by atoms with Crippen LogP contribution in [0.2, 0.25) is 0 Å². The molecule has 2 rings (SSSR count). The molecule has 0 radical (unpaired) electrons. The highest BCUT2D eigenvalue weighted by Gasteiger charge is 2.41. The number of rotatable bonds is 6. The standard InChI is InChI=1S/C15H27N/c1-4-15(3,11-16-5-2)10-14-9-12-6-7-13(14)8-12/h4,12-14,16H,1,5-11H2,2-3H3. The molecule has 16 heavy (non-hydrogen) atoms. The van der Waals surface area contributed by atoms with Gasteiger partial charge in [-0.15, -0.1) is 6.58 Å². The number of fused-ring (bicyclic) bond motifs is 2. The first-order valence-electron chi connectivity index (χ1n) is 7.01. The van der Waals surface area contributed by atoms with Gasteiger partial charge in [0.05, 0.1) is 0 Å².